The highest BCUT2D eigenvalue weighted by molar-refractivity contribution is 5.80. The van der Waals surface area contributed by atoms with Gasteiger partial charge in [-0.3, -0.25) is 0 Å². The van der Waals surface area contributed by atoms with Crippen LogP contribution in [0.2, 0.25) is 0 Å². The minimum atomic E-state index is 0.643. The van der Waals surface area contributed by atoms with Crippen LogP contribution in [-0.4, -0.2) is 19.6 Å². The van der Waals surface area contributed by atoms with E-state index in [9.17, 15) is 0 Å². The maximum Gasteiger partial charge on any atom is 0.223 e. The number of aromatic nitrogens is 4. The molecule has 0 aliphatic rings. The SMILES string of the molecule is c1cc(Oc2ccc3[nH]ccc3c2)n2nccc2n1. The molecule has 0 saturated heterocycles. The maximum atomic E-state index is 5.87. The fourth-order valence-electron chi connectivity index (χ4n) is 2.10. The average Bonchev–Trinajstić information content (AvgIpc) is 3.06. The lowest BCUT2D eigenvalue weighted by atomic mass is 10.2. The van der Waals surface area contributed by atoms with Crippen molar-refractivity contribution < 1.29 is 4.74 Å². The number of ether oxygens (including phenoxy) is 1. The second-order valence-corrected chi connectivity index (χ2v) is 4.21. The van der Waals surface area contributed by atoms with E-state index in [1.807, 2.05) is 36.5 Å². The van der Waals surface area contributed by atoms with Crippen molar-refractivity contribution in [2.24, 2.45) is 0 Å². The summed E-state index contributed by atoms with van der Waals surface area (Å²) in [5.74, 6) is 1.42. The van der Waals surface area contributed by atoms with E-state index >= 15 is 0 Å². The van der Waals surface area contributed by atoms with E-state index in [2.05, 4.69) is 15.1 Å². The van der Waals surface area contributed by atoms with Crippen molar-refractivity contribution in [1.82, 2.24) is 19.6 Å². The van der Waals surface area contributed by atoms with E-state index < -0.39 is 0 Å². The Morgan fingerprint density at radius 2 is 2.05 bits per heavy atom. The lowest BCUT2D eigenvalue weighted by Gasteiger charge is -2.06. The average molecular weight is 250 g/mol. The predicted molar refractivity (Wildman–Crippen MR) is 71.4 cm³/mol. The van der Waals surface area contributed by atoms with Gasteiger partial charge >= 0.3 is 0 Å². The molecule has 0 aliphatic heterocycles. The number of hydrogen-bond acceptors (Lipinski definition) is 3. The highest BCUT2D eigenvalue weighted by atomic mass is 16.5. The minimum Gasteiger partial charge on any atom is -0.439 e. The van der Waals surface area contributed by atoms with Gasteiger partial charge in [0.25, 0.3) is 0 Å². The van der Waals surface area contributed by atoms with E-state index in [4.69, 9.17) is 4.74 Å². The Kier molecular flexibility index (Phi) is 2.05. The Labute approximate surface area is 108 Å². The minimum absolute atomic E-state index is 0.643. The summed E-state index contributed by atoms with van der Waals surface area (Å²) >= 11 is 0. The largest absolute Gasteiger partial charge is 0.439 e. The molecule has 0 atom stereocenters. The molecular weight excluding hydrogens is 240 g/mol. The first-order chi connectivity index (χ1) is 9.40. The third-order valence-electron chi connectivity index (χ3n) is 3.00. The molecule has 0 aliphatic carbocycles. The van der Waals surface area contributed by atoms with Gasteiger partial charge in [0, 0.05) is 35.4 Å². The number of hydrogen-bond donors (Lipinski definition) is 1. The van der Waals surface area contributed by atoms with Crippen LogP contribution in [0.1, 0.15) is 0 Å². The van der Waals surface area contributed by atoms with Gasteiger partial charge in [0.05, 0.1) is 6.20 Å². The number of aromatic amines is 1. The summed E-state index contributed by atoms with van der Waals surface area (Å²) in [6.07, 6.45) is 5.32. The second kappa shape index (κ2) is 3.84. The van der Waals surface area contributed by atoms with Gasteiger partial charge in [-0.1, -0.05) is 0 Å². The first-order valence-electron chi connectivity index (χ1n) is 5.94. The van der Waals surface area contributed by atoms with E-state index in [1.54, 1.807) is 23.0 Å². The van der Waals surface area contributed by atoms with Crippen LogP contribution in [0, 0.1) is 0 Å². The summed E-state index contributed by atoms with van der Waals surface area (Å²) in [5, 5.41) is 5.30. The fraction of sp³-hybridized carbons (Fsp3) is 0. The van der Waals surface area contributed by atoms with Crippen molar-refractivity contribution >= 4 is 16.6 Å². The molecule has 0 unspecified atom stereocenters. The van der Waals surface area contributed by atoms with Crippen molar-refractivity contribution in [1.29, 1.82) is 0 Å². The van der Waals surface area contributed by atoms with Crippen LogP contribution in [0.4, 0.5) is 0 Å². The summed E-state index contributed by atoms with van der Waals surface area (Å²) in [6.45, 7) is 0. The molecule has 0 saturated carbocycles. The number of nitrogens with zero attached hydrogens (tertiary/aromatic N) is 3. The molecule has 0 fully saturated rings. The summed E-state index contributed by atoms with van der Waals surface area (Å²) in [5.41, 5.74) is 1.85. The highest BCUT2D eigenvalue weighted by Crippen LogP contribution is 2.24. The zero-order chi connectivity index (χ0) is 12.7. The fourth-order valence-corrected chi connectivity index (χ4v) is 2.10. The Morgan fingerprint density at radius 3 is 3.05 bits per heavy atom. The summed E-state index contributed by atoms with van der Waals surface area (Å²) in [6, 6.07) is 11.5. The van der Waals surface area contributed by atoms with Crippen LogP contribution in [0.3, 0.4) is 0 Å². The third kappa shape index (κ3) is 1.63. The van der Waals surface area contributed by atoms with Crippen LogP contribution >= 0.6 is 0 Å². The molecule has 4 rings (SSSR count). The second-order valence-electron chi connectivity index (χ2n) is 4.21. The molecule has 3 heterocycles. The standard InChI is InChI=1S/C14H10N4O/c1-2-12-10(3-6-15-12)9-11(1)19-14-5-7-16-13-4-8-17-18(13)14/h1-9,15H. The van der Waals surface area contributed by atoms with Crippen LogP contribution in [0.15, 0.2) is 55.0 Å². The van der Waals surface area contributed by atoms with Crippen molar-refractivity contribution in [2.45, 2.75) is 0 Å². The Balaban J connectivity index is 1.79. The highest BCUT2D eigenvalue weighted by Gasteiger charge is 2.05. The maximum absolute atomic E-state index is 5.87. The molecule has 1 aromatic carbocycles. The third-order valence-corrected chi connectivity index (χ3v) is 3.00. The van der Waals surface area contributed by atoms with Gasteiger partial charge in [-0.25, -0.2) is 4.98 Å². The Morgan fingerprint density at radius 1 is 1.05 bits per heavy atom. The van der Waals surface area contributed by atoms with Gasteiger partial charge in [0.1, 0.15) is 5.75 Å². The smallest absolute Gasteiger partial charge is 0.223 e. The van der Waals surface area contributed by atoms with Gasteiger partial charge in [-0.05, 0) is 24.3 Å². The molecule has 3 aromatic heterocycles. The van der Waals surface area contributed by atoms with Crippen molar-refractivity contribution in [2.75, 3.05) is 0 Å². The van der Waals surface area contributed by atoms with E-state index in [-0.39, 0.29) is 0 Å². The monoisotopic (exact) mass is 250 g/mol. The van der Waals surface area contributed by atoms with Crippen molar-refractivity contribution in [3.05, 3.63) is 55.0 Å². The summed E-state index contributed by atoms with van der Waals surface area (Å²) in [7, 11) is 0. The molecule has 0 radical (unpaired) electrons. The van der Waals surface area contributed by atoms with Crippen molar-refractivity contribution in [3.8, 4) is 11.6 Å². The van der Waals surface area contributed by atoms with Crippen LogP contribution in [0.5, 0.6) is 11.6 Å². The number of H-pyrrole nitrogens is 1. The molecule has 5 nitrogen and oxygen atoms in total. The van der Waals surface area contributed by atoms with Gasteiger partial charge in [-0.2, -0.15) is 9.61 Å². The number of nitrogens with one attached hydrogen (secondary N) is 1. The Hall–Kier alpha value is -2.82. The quantitative estimate of drug-likeness (QED) is 0.595. The topological polar surface area (TPSA) is 55.2 Å². The van der Waals surface area contributed by atoms with Gasteiger partial charge < -0.3 is 9.72 Å². The molecule has 19 heavy (non-hydrogen) atoms. The van der Waals surface area contributed by atoms with Crippen LogP contribution in [0.25, 0.3) is 16.6 Å². The first-order valence-corrected chi connectivity index (χ1v) is 5.94. The van der Waals surface area contributed by atoms with Crippen LogP contribution < -0.4 is 4.74 Å². The van der Waals surface area contributed by atoms with Crippen LogP contribution in [-0.2, 0) is 0 Å². The lowest BCUT2D eigenvalue weighted by molar-refractivity contribution is 0.447. The van der Waals surface area contributed by atoms with Gasteiger partial charge in [0.15, 0.2) is 5.65 Å². The molecule has 92 valence electrons. The predicted octanol–water partition coefficient (Wildman–Crippen LogP) is 3.00. The van der Waals surface area contributed by atoms with E-state index in [1.165, 1.54) is 0 Å². The first kappa shape index (κ1) is 10.1. The zero-order valence-electron chi connectivity index (χ0n) is 9.95. The van der Waals surface area contributed by atoms with E-state index in [0.717, 1.165) is 22.3 Å². The molecule has 5 heteroatoms. The zero-order valence-corrected chi connectivity index (χ0v) is 9.95. The van der Waals surface area contributed by atoms with E-state index in [0.29, 0.717) is 5.88 Å². The number of rotatable bonds is 2. The molecular formula is C14H10N4O. The molecule has 0 bridgehead atoms. The lowest BCUT2D eigenvalue weighted by Crippen LogP contribution is -1.96. The normalized spacial score (nSPS) is 11.2. The molecule has 0 amide bonds. The number of fused-ring (bicyclic) bond motifs is 2. The Bertz CT molecular complexity index is 862. The number of benzene rings is 1. The molecule has 0 spiro atoms. The van der Waals surface area contributed by atoms with Crippen molar-refractivity contribution in [3.63, 3.8) is 0 Å². The van der Waals surface area contributed by atoms with Gasteiger partial charge in [-0.15, -0.1) is 0 Å². The van der Waals surface area contributed by atoms with Gasteiger partial charge in [0.2, 0.25) is 5.88 Å². The molecule has 1 N–H and O–H groups in total. The summed E-state index contributed by atoms with van der Waals surface area (Å²) < 4.78 is 7.54. The molecule has 4 aromatic rings. The summed E-state index contributed by atoms with van der Waals surface area (Å²) in [4.78, 5) is 7.35.